The van der Waals surface area contributed by atoms with E-state index in [0.717, 1.165) is 18.7 Å². The highest BCUT2D eigenvalue weighted by Gasteiger charge is 2.35. The maximum Gasteiger partial charge on any atom is 0.109 e. The topological polar surface area (TPSA) is 28.7 Å². The van der Waals surface area contributed by atoms with Crippen molar-refractivity contribution in [3.63, 3.8) is 0 Å². The zero-order valence-corrected chi connectivity index (χ0v) is 14.9. The molecule has 0 radical (unpaired) electrons. The first-order valence-corrected chi connectivity index (χ1v) is 8.32. The Balaban J connectivity index is 3.42. The first-order valence-electron chi connectivity index (χ1n) is 8.32. The van der Waals surface area contributed by atoms with Gasteiger partial charge in [-0.1, -0.05) is 61.8 Å². The van der Waals surface area contributed by atoms with Crippen LogP contribution in [0, 0.1) is 0 Å². The summed E-state index contributed by atoms with van der Waals surface area (Å²) in [6, 6.07) is 0. The van der Waals surface area contributed by atoms with Crippen LogP contribution in [0.2, 0.25) is 0 Å². The number of H-pyrrole nitrogens is 1. The molecule has 1 aromatic heterocycles. The van der Waals surface area contributed by atoms with Crippen LogP contribution < -0.4 is 0 Å². The standard InChI is InChI=1S/C18H34N2/c1-9-12-17(6,7)14-15(18(8,10-2)11-3)20-16(19-14)13(4)5/h13H,9-12H2,1-8H3,(H,19,20). The van der Waals surface area contributed by atoms with E-state index in [-0.39, 0.29) is 10.8 Å². The van der Waals surface area contributed by atoms with Crippen LogP contribution in [0.4, 0.5) is 0 Å². The molecule has 0 atom stereocenters. The van der Waals surface area contributed by atoms with Crippen molar-refractivity contribution in [2.24, 2.45) is 0 Å². The van der Waals surface area contributed by atoms with Gasteiger partial charge in [0.1, 0.15) is 5.82 Å². The Morgan fingerprint density at radius 1 is 1.05 bits per heavy atom. The minimum absolute atomic E-state index is 0.152. The Labute approximate surface area is 125 Å². The van der Waals surface area contributed by atoms with Crippen LogP contribution in [0.1, 0.15) is 104 Å². The lowest BCUT2D eigenvalue weighted by Crippen LogP contribution is -2.27. The van der Waals surface area contributed by atoms with Crippen molar-refractivity contribution in [1.82, 2.24) is 9.97 Å². The number of aromatic nitrogens is 2. The number of hydrogen-bond donors (Lipinski definition) is 1. The van der Waals surface area contributed by atoms with Gasteiger partial charge < -0.3 is 4.98 Å². The third-order valence-electron chi connectivity index (χ3n) is 4.95. The van der Waals surface area contributed by atoms with E-state index in [1.54, 1.807) is 0 Å². The summed E-state index contributed by atoms with van der Waals surface area (Å²) >= 11 is 0. The van der Waals surface area contributed by atoms with Crippen LogP contribution >= 0.6 is 0 Å². The van der Waals surface area contributed by atoms with Gasteiger partial charge in [0.15, 0.2) is 0 Å². The summed E-state index contributed by atoms with van der Waals surface area (Å²) in [6.45, 7) is 18.3. The molecule has 0 unspecified atom stereocenters. The fourth-order valence-electron chi connectivity index (χ4n) is 2.94. The molecule has 0 bridgehead atoms. The van der Waals surface area contributed by atoms with Gasteiger partial charge in [-0.25, -0.2) is 4.98 Å². The molecule has 20 heavy (non-hydrogen) atoms. The Morgan fingerprint density at radius 3 is 2.00 bits per heavy atom. The zero-order chi connectivity index (χ0) is 15.6. The fraction of sp³-hybridized carbons (Fsp3) is 0.833. The highest BCUT2D eigenvalue weighted by Crippen LogP contribution is 2.39. The number of rotatable bonds is 7. The van der Waals surface area contributed by atoms with Crippen molar-refractivity contribution < 1.29 is 0 Å². The highest BCUT2D eigenvalue weighted by atomic mass is 15.0. The number of imidazole rings is 1. The van der Waals surface area contributed by atoms with Crippen molar-refractivity contribution >= 4 is 0 Å². The minimum Gasteiger partial charge on any atom is -0.345 e. The van der Waals surface area contributed by atoms with E-state index in [1.165, 1.54) is 24.2 Å². The smallest absolute Gasteiger partial charge is 0.109 e. The molecule has 116 valence electrons. The molecule has 0 saturated carbocycles. The van der Waals surface area contributed by atoms with Crippen molar-refractivity contribution in [1.29, 1.82) is 0 Å². The third kappa shape index (κ3) is 3.27. The van der Waals surface area contributed by atoms with Crippen LogP contribution in [0.5, 0.6) is 0 Å². The van der Waals surface area contributed by atoms with Crippen LogP contribution in [0.3, 0.4) is 0 Å². The van der Waals surface area contributed by atoms with Crippen molar-refractivity contribution in [3.8, 4) is 0 Å². The summed E-state index contributed by atoms with van der Waals surface area (Å²) in [6.07, 6.45) is 4.69. The molecule has 0 fully saturated rings. The molecular weight excluding hydrogens is 244 g/mol. The second kappa shape index (κ2) is 6.32. The van der Waals surface area contributed by atoms with Gasteiger partial charge in [0, 0.05) is 22.4 Å². The van der Waals surface area contributed by atoms with Crippen LogP contribution in [0.25, 0.3) is 0 Å². The molecule has 0 aromatic carbocycles. The number of hydrogen-bond acceptors (Lipinski definition) is 1. The predicted octanol–water partition coefficient (Wildman–Crippen LogP) is 5.69. The van der Waals surface area contributed by atoms with Gasteiger partial charge in [-0.2, -0.15) is 0 Å². The van der Waals surface area contributed by atoms with Gasteiger partial charge in [-0.3, -0.25) is 0 Å². The summed E-state index contributed by atoms with van der Waals surface area (Å²) in [4.78, 5) is 8.68. The van der Waals surface area contributed by atoms with E-state index in [2.05, 4.69) is 60.4 Å². The number of aromatic amines is 1. The highest BCUT2D eigenvalue weighted by molar-refractivity contribution is 5.30. The van der Waals surface area contributed by atoms with Crippen molar-refractivity contribution in [2.45, 2.75) is 97.8 Å². The van der Waals surface area contributed by atoms with Gasteiger partial charge in [-0.15, -0.1) is 0 Å². The van der Waals surface area contributed by atoms with E-state index in [4.69, 9.17) is 4.98 Å². The van der Waals surface area contributed by atoms with E-state index in [0.29, 0.717) is 5.92 Å². The lowest BCUT2D eigenvalue weighted by Gasteiger charge is -2.31. The molecular formula is C18H34N2. The molecule has 1 aromatic rings. The molecule has 0 aliphatic heterocycles. The predicted molar refractivity (Wildman–Crippen MR) is 88.5 cm³/mol. The van der Waals surface area contributed by atoms with Gasteiger partial charge in [0.25, 0.3) is 0 Å². The Morgan fingerprint density at radius 2 is 1.60 bits per heavy atom. The largest absolute Gasteiger partial charge is 0.345 e. The number of nitrogens with zero attached hydrogens (tertiary/aromatic N) is 1. The molecule has 1 N–H and O–H groups in total. The third-order valence-corrected chi connectivity index (χ3v) is 4.95. The van der Waals surface area contributed by atoms with Crippen molar-refractivity contribution in [2.75, 3.05) is 0 Å². The summed E-state index contributed by atoms with van der Waals surface area (Å²) in [5.41, 5.74) is 3.04. The molecule has 0 spiro atoms. The molecule has 0 aliphatic carbocycles. The van der Waals surface area contributed by atoms with E-state index >= 15 is 0 Å². The summed E-state index contributed by atoms with van der Waals surface area (Å²) in [5, 5.41) is 0. The molecule has 2 nitrogen and oxygen atoms in total. The second-order valence-corrected chi connectivity index (χ2v) is 7.40. The van der Waals surface area contributed by atoms with Crippen LogP contribution in [-0.2, 0) is 10.8 Å². The summed E-state index contributed by atoms with van der Waals surface area (Å²) in [7, 11) is 0. The Bertz CT molecular complexity index is 423. The summed E-state index contributed by atoms with van der Waals surface area (Å²) < 4.78 is 0. The van der Waals surface area contributed by atoms with Crippen LogP contribution in [-0.4, -0.2) is 9.97 Å². The second-order valence-electron chi connectivity index (χ2n) is 7.40. The molecule has 0 saturated heterocycles. The van der Waals surface area contributed by atoms with Crippen molar-refractivity contribution in [3.05, 3.63) is 17.2 Å². The molecule has 0 aliphatic rings. The lowest BCUT2D eigenvalue weighted by molar-refractivity contribution is 0.395. The normalized spacial score (nSPS) is 13.2. The average Bonchev–Trinajstić information content (AvgIpc) is 2.84. The fourth-order valence-corrected chi connectivity index (χ4v) is 2.94. The van der Waals surface area contributed by atoms with Crippen LogP contribution in [0.15, 0.2) is 0 Å². The monoisotopic (exact) mass is 278 g/mol. The van der Waals surface area contributed by atoms with Gasteiger partial charge in [-0.05, 0) is 19.3 Å². The molecule has 1 heterocycles. The quantitative estimate of drug-likeness (QED) is 0.682. The summed E-state index contributed by atoms with van der Waals surface area (Å²) in [5.74, 6) is 1.60. The first-order chi connectivity index (χ1) is 9.21. The van der Waals surface area contributed by atoms with E-state index < -0.39 is 0 Å². The average molecular weight is 278 g/mol. The maximum absolute atomic E-state index is 5.01. The maximum atomic E-state index is 5.01. The lowest BCUT2D eigenvalue weighted by atomic mass is 9.74. The van der Waals surface area contributed by atoms with Gasteiger partial charge >= 0.3 is 0 Å². The first kappa shape index (κ1) is 17.3. The minimum atomic E-state index is 0.152. The van der Waals surface area contributed by atoms with E-state index in [9.17, 15) is 0 Å². The molecule has 1 rings (SSSR count). The molecule has 2 heteroatoms. The van der Waals surface area contributed by atoms with Gasteiger partial charge in [0.05, 0.1) is 5.69 Å². The van der Waals surface area contributed by atoms with E-state index in [1.807, 2.05) is 0 Å². The SMILES string of the molecule is CCCC(C)(C)c1nc(C(C)C)[nH]c1C(C)(CC)CC. The Hall–Kier alpha value is -0.790. The zero-order valence-electron chi connectivity index (χ0n) is 14.9. The molecule has 0 amide bonds. The van der Waals surface area contributed by atoms with Gasteiger partial charge in [0.2, 0.25) is 0 Å². The number of nitrogens with one attached hydrogen (secondary N) is 1. The Kier molecular flexibility index (Phi) is 5.46.